The summed E-state index contributed by atoms with van der Waals surface area (Å²) in [6.07, 6.45) is 1.75. The third-order valence-electron chi connectivity index (χ3n) is 1.37. The lowest BCUT2D eigenvalue weighted by Gasteiger charge is -2.00. The van der Waals surface area contributed by atoms with Gasteiger partial charge >= 0.3 is 5.97 Å². The van der Waals surface area contributed by atoms with Crippen LogP contribution in [0.4, 0.5) is 0 Å². The fraction of sp³-hybridized carbons (Fsp3) is 0.556. The molecule has 0 aliphatic heterocycles. The van der Waals surface area contributed by atoms with Crippen molar-refractivity contribution in [2.75, 3.05) is 6.61 Å². The molecule has 0 aromatic carbocycles. The van der Waals surface area contributed by atoms with Crippen LogP contribution in [0.15, 0.2) is 12.2 Å². The molecule has 0 radical (unpaired) electrons. The highest BCUT2D eigenvalue weighted by molar-refractivity contribution is 5.83. The van der Waals surface area contributed by atoms with Crippen molar-refractivity contribution < 1.29 is 19.4 Å². The molecule has 1 atom stereocenters. The Labute approximate surface area is 77.2 Å². The molecule has 0 unspecified atom stereocenters. The molecule has 4 nitrogen and oxygen atoms in total. The third kappa shape index (κ3) is 6.04. The molecule has 0 saturated heterocycles. The molecule has 0 rings (SSSR count). The fourth-order valence-corrected chi connectivity index (χ4v) is 0.650. The summed E-state index contributed by atoms with van der Waals surface area (Å²) in [5.74, 6) is -0.772. The first-order chi connectivity index (χ1) is 6.07. The van der Waals surface area contributed by atoms with Gasteiger partial charge in [0, 0.05) is 6.08 Å². The van der Waals surface area contributed by atoms with E-state index in [4.69, 9.17) is 5.11 Å². The van der Waals surface area contributed by atoms with E-state index in [-0.39, 0.29) is 12.2 Å². The van der Waals surface area contributed by atoms with E-state index in [9.17, 15) is 9.59 Å². The number of ether oxygens (including phenoxy) is 1. The van der Waals surface area contributed by atoms with Crippen molar-refractivity contribution in [2.24, 2.45) is 0 Å². The Morgan fingerprint density at radius 2 is 2.15 bits per heavy atom. The SMILES string of the molecule is CCOC(=O)/C=C/C[C@@H](O)C(C)=O. The second-order valence-electron chi connectivity index (χ2n) is 2.52. The first-order valence-corrected chi connectivity index (χ1v) is 4.09. The molecule has 74 valence electrons. The Kier molecular flexibility index (Phi) is 5.80. The molecule has 0 amide bonds. The van der Waals surface area contributed by atoms with Gasteiger partial charge in [-0.2, -0.15) is 0 Å². The molecular weight excluding hydrogens is 172 g/mol. The standard InChI is InChI=1S/C9H14O4/c1-3-13-9(12)6-4-5-8(11)7(2)10/h4,6,8,11H,3,5H2,1-2H3/b6-4+/t8-/m1/s1. The number of aliphatic hydroxyl groups is 1. The smallest absolute Gasteiger partial charge is 0.330 e. The van der Waals surface area contributed by atoms with E-state index in [2.05, 4.69) is 4.74 Å². The molecule has 0 aliphatic carbocycles. The van der Waals surface area contributed by atoms with Crippen molar-refractivity contribution >= 4 is 11.8 Å². The van der Waals surface area contributed by atoms with Crippen LogP contribution in [0.25, 0.3) is 0 Å². The van der Waals surface area contributed by atoms with E-state index in [1.54, 1.807) is 6.92 Å². The monoisotopic (exact) mass is 186 g/mol. The summed E-state index contributed by atoms with van der Waals surface area (Å²) in [5.41, 5.74) is 0. The van der Waals surface area contributed by atoms with Crippen LogP contribution in [0.5, 0.6) is 0 Å². The Morgan fingerprint density at radius 3 is 2.62 bits per heavy atom. The number of rotatable bonds is 5. The van der Waals surface area contributed by atoms with E-state index in [1.807, 2.05) is 0 Å². The van der Waals surface area contributed by atoms with Gasteiger partial charge in [-0.15, -0.1) is 0 Å². The number of carbonyl (C=O) groups excluding carboxylic acids is 2. The molecule has 0 heterocycles. The Morgan fingerprint density at radius 1 is 1.54 bits per heavy atom. The van der Waals surface area contributed by atoms with Gasteiger partial charge in [0.1, 0.15) is 6.10 Å². The highest BCUT2D eigenvalue weighted by atomic mass is 16.5. The van der Waals surface area contributed by atoms with Crippen molar-refractivity contribution in [1.29, 1.82) is 0 Å². The Hall–Kier alpha value is -1.16. The average molecular weight is 186 g/mol. The predicted octanol–water partition coefficient (Wildman–Crippen LogP) is 0.446. The summed E-state index contributed by atoms with van der Waals surface area (Å²) >= 11 is 0. The number of esters is 1. The van der Waals surface area contributed by atoms with Crippen LogP contribution in [0.3, 0.4) is 0 Å². The zero-order valence-corrected chi connectivity index (χ0v) is 7.82. The highest BCUT2D eigenvalue weighted by Crippen LogP contribution is 1.94. The number of aliphatic hydroxyl groups excluding tert-OH is 1. The molecule has 0 fully saturated rings. The van der Waals surface area contributed by atoms with Crippen LogP contribution in [-0.2, 0) is 14.3 Å². The molecule has 0 saturated carbocycles. The van der Waals surface area contributed by atoms with Crippen molar-refractivity contribution in [2.45, 2.75) is 26.4 Å². The first kappa shape index (κ1) is 11.8. The third-order valence-corrected chi connectivity index (χ3v) is 1.37. The van der Waals surface area contributed by atoms with Gasteiger partial charge in [0.05, 0.1) is 6.61 Å². The molecule has 0 aromatic rings. The topological polar surface area (TPSA) is 63.6 Å². The minimum absolute atomic E-state index is 0.147. The lowest BCUT2D eigenvalue weighted by molar-refractivity contribution is -0.137. The Balaban J connectivity index is 3.74. The zero-order valence-electron chi connectivity index (χ0n) is 7.82. The number of Topliss-reactive ketones (excluding diaryl/α,β-unsaturated/α-hetero) is 1. The van der Waals surface area contributed by atoms with Crippen molar-refractivity contribution in [3.8, 4) is 0 Å². The summed E-state index contributed by atoms with van der Waals surface area (Å²) in [5, 5.41) is 9.02. The quantitative estimate of drug-likeness (QED) is 0.500. The van der Waals surface area contributed by atoms with Crippen molar-refractivity contribution in [3.05, 3.63) is 12.2 Å². The van der Waals surface area contributed by atoms with Crippen LogP contribution in [-0.4, -0.2) is 29.6 Å². The van der Waals surface area contributed by atoms with E-state index in [0.29, 0.717) is 6.61 Å². The minimum atomic E-state index is -1.02. The van der Waals surface area contributed by atoms with E-state index >= 15 is 0 Å². The second-order valence-corrected chi connectivity index (χ2v) is 2.52. The van der Waals surface area contributed by atoms with Crippen molar-refractivity contribution in [1.82, 2.24) is 0 Å². The van der Waals surface area contributed by atoms with Gasteiger partial charge in [-0.05, 0) is 20.3 Å². The van der Waals surface area contributed by atoms with Crippen LogP contribution >= 0.6 is 0 Å². The lowest BCUT2D eigenvalue weighted by atomic mass is 10.2. The van der Waals surface area contributed by atoms with Crippen LogP contribution in [0.2, 0.25) is 0 Å². The number of hydrogen-bond donors (Lipinski definition) is 1. The molecule has 0 aromatic heterocycles. The number of hydrogen-bond acceptors (Lipinski definition) is 4. The highest BCUT2D eigenvalue weighted by Gasteiger charge is 2.06. The number of ketones is 1. The van der Waals surface area contributed by atoms with Gasteiger partial charge in [-0.1, -0.05) is 6.08 Å². The van der Waals surface area contributed by atoms with Gasteiger partial charge in [0.2, 0.25) is 0 Å². The maximum atomic E-state index is 10.7. The molecule has 0 bridgehead atoms. The van der Waals surface area contributed by atoms with E-state index in [0.717, 1.165) is 0 Å². The normalized spacial score (nSPS) is 12.8. The van der Waals surface area contributed by atoms with Crippen molar-refractivity contribution in [3.63, 3.8) is 0 Å². The minimum Gasteiger partial charge on any atom is -0.463 e. The maximum absolute atomic E-state index is 10.7. The average Bonchev–Trinajstić information content (AvgIpc) is 2.04. The number of carbonyl (C=O) groups is 2. The largest absolute Gasteiger partial charge is 0.463 e. The zero-order chi connectivity index (χ0) is 10.3. The second kappa shape index (κ2) is 6.37. The van der Waals surface area contributed by atoms with Gasteiger partial charge in [0.25, 0.3) is 0 Å². The summed E-state index contributed by atoms with van der Waals surface area (Å²) in [4.78, 5) is 21.3. The Bertz CT molecular complexity index is 208. The maximum Gasteiger partial charge on any atom is 0.330 e. The van der Waals surface area contributed by atoms with Gasteiger partial charge < -0.3 is 9.84 Å². The molecule has 4 heteroatoms. The molecule has 1 N–H and O–H groups in total. The van der Waals surface area contributed by atoms with E-state index < -0.39 is 12.1 Å². The van der Waals surface area contributed by atoms with Crippen LogP contribution in [0.1, 0.15) is 20.3 Å². The van der Waals surface area contributed by atoms with E-state index in [1.165, 1.54) is 19.1 Å². The molecule has 13 heavy (non-hydrogen) atoms. The van der Waals surface area contributed by atoms with Gasteiger partial charge in [-0.3, -0.25) is 4.79 Å². The van der Waals surface area contributed by atoms with Gasteiger partial charge in [0.15, 0.2) is 5.78 Å². The molecule has 0 spiro atoms. The fourth-order valence-electron chi connectivity index (χ4n) is 0.650. The summed E-state index contributed by atoms with van der Waals surface area (Å²) in [7, 11) is 0. The van der Waals surface area contributed by atoms with Crippen LogP contribution < -0.4 is 0 Å². The van der Waals surface area contributed by atoms with Gasteiger partial charge in [-0.25, -0.2) is 4.79 Å². The summed E-state index contributed by atoms with van der Waals surface area (Å²) in [6, 6.07) is 0. The predicted molar refractivity (Wildman–Crippen MR) is 47.1 cm³/mol. The summed E-state index contributed by atoms with van der Waals surface area (Å²) < 4.78 is 4.59. The van der Waals surface area contributed by atoms with Crippen LogP contribution in [0, 0.1) is 0 Å². The summed E-state index contributed by atoms with van der Waals surface area (Å²) in [6.45, 7) is 3.32. The lowest BCUT2D eigenvalue weighted by Crippen LogP contribution is -2.15. The molecule has 0 aliphatic rings. The first-order valence-electron chi connectivity index (χ1n) is 4.09. The molecular formula is C9H14O4.